The van der Waals surface area contributed by atoms with Crippen molar-refractivity contribution >= 4 is 16.9 Å². The molecule has 28 heavy (non-hydrogen) atoms. The fourth-order valence-electron chi connectivity index (χ4n) is 2.90. The number of aryl methyl sites for hydroxylation is 2. The summed E-state index contributed by atoms with van der Waals surface area (Å²) in [5.41, 5.74) is 4.34. The average Bonchev–Trinajstić information content (AvgIpc) is 3.31. The zero-order chi connectivity index (χ0) is 19.7. The molecule has 4 rings (SSSR count). The predicted molar refractivity (Wildman–Crippen MR) is 98.9 cm³/mol. The molecule has 6 nitrogen and oxygen atoms in total. The molecule has 0 aliphatic carbocycles. The van der Waals surface area contributed by atoms with Gasteiger partial charge in [0.1, 0.15) is 11.4 Å². The summed E-state index contributed by atoms with van der Waals surface area (Å²) in [5.74, 6) is -0.310. The van der Waals surface area contributed by atoms with Crippen molar-refractivity contribution in [3.8, 4) is 11.4 Å². The number of hydrogen-bond acceptors (Lipinski definition) is 6. The van der Waals surface area contributed by atoms with Gasteiger partial charge in [0.2, 0.25) is 5.82 Å². The Bertz CT molecular complexity index is 1150. The molecule has 0 saturated heterocycles. The van der Waals surface area contributed by atoms with Crippen molar-refractivity contribution in [2.24, 2.45) is 0 Å². The van der Waals surface area contributed by atoms with E-state index in [2.05, 4.69) is 10.1 Å². The van der Waals surface area contributed by atoms with Crippen LogP contribution in [0.15, 0.2) is 51.6 Å². The fourth-order valence-corrected chi connectivity index (χ4v) is 2.90. The number of nitrogens with zero attached hydrogens (tertiary/aromatic N) is 2. The van der Waals surface area contributed by atoms with Crippen LogP contribution in [0.2, 0.25) is 0 Å². The second-order valence-corrected chi connectivity index (χ2v) is 6.50. The van der Waals surface area contributed by atoms with E-state index in [1.807, 2.05) is 26.0 Å². The van der Waals surface area contributed by atoms with E-state index < -0.39 is 5.97 Å². The summed E-state index contributed by atoms with van der Waals surface area (Å²) in [7, 11) is 0. The topological polar surface area (TPSA) is 78.4 Å². The standard InChI is InChI=1S/C21H17FN2O4/c1-12-3-8-17-15(10-27-20(17)13(12)2)9-19(25)26-11-18-23-21(24-28-18)14-4-6-16(22)7-5-14/h3-8,10H,9,11H2,1-2H3. The molecule has 0 atom stereocenters. The minimum atomic E-state index is -0.428. The van der Waals surface area contributed by atoms with Gasteiger partial charge in [-0.3, -0.25) is 4.79 Å². The first kappa shape index (κ1) is 17.9. The summed E-state index contributed by atoms with van der Waals surface area (Å²) >= 11 is 0. The maximum Gasteiger partial charge on any atom is 0.310 e. The number of carbonyl (C=O) groups excluding carboxylic acids is 1. The number of hydrogen-bond donors (Lipinski definition) is 0. The van der Waals surface area contributed by atoms with Gasteiger partial charge in [0.25, 0.3) is 5.89 Å². The molecule has 0 spiro atoms. The van der Waals surface area contributed by atoms with Gasteiger partial charge in [-0.15, -0.1) is 0 Å². The number of carbonyl (C=O) groups is 1. The molecule has 7 heteroatoms. The zero-order valence-corrected chi connectivity index (χ0v) is 15.4. The normalized spacial score (nSPS) is 11.1. The van der Waals surface area contributed by atoms with Crippen molar-refractivity contribution < 1.29 is 22.9 Å². The number of benzene rings is 2. The van der Waals surface area contributed by atoms with Gasteiger partial charge in [0.05, 0.1) is 12.7 Å². The molecule has 0 aliphatic heterocycles. The molecule has 0 bridgehead atoms. The first-order chi connectivity index (χ1) is 13.5. The number of halogens is 1. The fraction of sp³-hybridized carbons (Fsp3) is 0.190. The molecule has 0 amide bonds. The molecule has 142 valence electrons. The lowest BCUT2D eigenvalue weighted by atomic mass is 10.0. The number of ether oxygens (including phenoxy) is 1. The SMILES string of the molecule is Cc1ccc2c(CC(=O)OCc3nc(-c4ccc(F)cc4)no3)coc2c1C. The Morgan fingerprint density at radius 2 is 1.93 bits per heavy atom. The molecule has 0 saturated carbocycles. The van der Waals surface area contributed by atoms with Crippen LogP contribution in [-0.4, -0.2) is 16.1 Å². The third kappa shape index (κ3) is 3.51. The Morgan fingerprint density at radius 3 is 2.71 bits per heavy atom. The molecule has 0 unspecified atom stereocenters. The van der Waals surface area contributed by atoms with E-state index in [0.29, 0.717) is 11.4 Å². The van der Waals surface area contributed by atoms with Crippen molar-refractivity contribution in [3.05, 3.63) is 71.1 Å². The second-order valence-electron chi connectivity index (χ2n) is 6.50. The third-order valence-electron chi connectivity index (χ3n) is 4.60. The highest BCUT2D eigenvalue weighted by molar-refractivity contribution is 5.88. The number of esters is 1. The Kier molecular flexibility index (Phi) is 4.65. The van der Waals surface area contributed by atoms with Crippen molar-refractivity contribution in [1.29, 1.82) is 0 Å². The molecule has 0 radical (unpaired) electrons. The van der Waals surface area contributed by atoms with E-state index in [1.54, 1.807) is 18.4 Å². The van der Waals surface area contributed by atoms with E-state index in [0.717, 1.165) is 27.7 Å². The van der Waals surface area contributed by atoms with Crippen LogP contribution in [0, 0.1) is 19.7 Å². The summed E-state index contributed by atoms with van der Waals surface area (Å²) in [6.07, 6.45) is 1.66. The Balaban J connectivity index is 1.40. The third-order valence-corrected chi connectivity index (χ3v) is 4.60. The molecule has 0 fully saturated rings. The molecular weight excluding hydrogens is 363 g/mol. The predicted octanol–water partition coefficient (Wildman–Crippen LogP) is 4.52. The van der Waals surface area contributed by atoms with Gasteiger partial charge >= 0.3 is 5.97 Å². The summed E-state index contributed by atoms with van der Waals surface area (Å²) < 4.78 is 28.9. The van der Waals surface area contributed by atoms with Crippen LogP contribution in [0.4, 0.5) is 4.39 Å². The molecule has 4 aromatic rings. The first-order valence-electron chi connectivity index (χ1n) is 8.71. The zero-order valence-electron chi connectivity index (χ0n) is 15.4. The van der Waals surface area contributed by atoms with Crippen LogP contribution >= 0.6 is 0 Å². The van der Waals surface area contributed by atoms with Crippen molar-refractivity contribution in [3.63, 3.8) is 0 Å². The van der Waals surface area contributed by atoms with Crippen molar-refractivity contribution in [2.75, 3.05) is 0 Å². The van der Waals surface area contributed by atoms with Crippen molar-refractivity contribution in [2.45, 2.75) is 26.9 Å². The number of rotatable bonds is 5. The minimum Gasteiger partial charge on any atom is -0.464 e. The largest absolute Gasteiger partial charge is 0.464 e. The highest BCUT2D eigenvalue weighted by Crippen LogP contribution is 2.27. The Morgan fingerprint density at radius 1 is 1.14 bits per heavy atom. The minimum absolute atomic E-state index is 0.0778. The van der Waals surface area contributed by atoms with Crippen LogP contribution in [0.25, 0.3) is 22.4 Å². The first-order valence-corrected chi connectivity index (χ1v) is 8.71. The van der Waals surface area contributed by atoms with Gasteiger partial charge in [-0.2, -0.15) is 4.98 Å². The second kappa shape index (κ2) is 7.26. The molecule has 2 heterocycles. The van der Waals surface area contributed by atoms with Gasteiger partial charge in [-0.25, -0.2) is 4.39 Å². The van der Waals surface area contributed by atoms with E-state index in [1.165, 1.54) is 12.1 Å². The van der Waals surface area contributed by atoms with Gasteiger partial charge < -0.3 is 13.7 Å². The Hall–Kier alpha value is -3.48. The molecule has 2 aromatic carbocycles. The van der Waals surface area contributed by atoms with Crippen molar-refractivity contribution in [1.82, 2.24) is 10.1 Å². The maximum absolute atomic E-state index is 13.0. The van der Waals surface area contributed by atoms with Crippen LogP contribution < -0.4 is 0 Å². The lowest BCUT2D eigenvalue weighted by Crippen LogP contribution is -2.08. The van der Waals surface area contributed by atoms with Gasteiger partial charge in [0.15, 0.2) is 6.61 Å². The van der Waals surface area contributed by atoms with E-state index >= 15 is 0 Å². The van der Waals surface area contributed by atoms with Crippen LogP contribution in [0.3, 0.4) is 0 Å². The molecule has 0 N–H and O–H groups in total. The highest BCUT2D eigenvalue weighted by Gasteiger charge is 2.15. The van der Waals surface area contributed by atoms with E-state index in [-0.39, 0.29) is 24.7 Å². The average molecular weight is 380 g/mol. The summed E-state index contributed by atoms with van der Waals surface area (Å²) in [4.78, 5) is 16.4. The van der Waals surface area contributed by atoms with Crippen LogP contribution in [0.1, 0.15) is 22.6 Å². The summed E-state index contributed by atoms with van der Waals surface area (Å²) in [6, 6.07) is 9.65. The molecule has 2 aromatic heterocycles. The summed E-state index contributed by atoms with van der Waals surface area (Å²) in [5, 5.41) is 4.71. The highest BCUT2D eigenvalue weighted by atomic mass is 19.1. The van der Waals surface area contributed by atoms with Gasteiger partial charge in [0, 0.05) is 16.5 Å². The molecule has 0 aliphatic rings. The van der Waals surface area contributed by atoms with E-state index in [4.69, 9.17) is 13.7 Å². The summed E-state index contributed by atoms with van der Waals surface area (Å²) in [6.45, 7) is 3.86. The Labute approximate surface area is 159 Å². The van der Waals surface area contributed by atoms with Gasteiger partial charge in [-0.05, 0) is 49.2 Å². The monoisotopic (exact) mass is 380 g/mol. The maximum atomic E-state index is 13.0. The number of furan rings is 1. The lowest BCUT2D eigenvalue weighted by Gasteiger charge is -2.02. The van der Waals surface area contributed by atoms with Crippen LogP contribution in [-0.2, 0) is 22.6 Å². The quantitative estimate of drug-likeness (QED) is 0.474. The van der Waals surface area contributed by atoms with Gasteiger partial charge in [-0.1, -0.05) is 17.3 Å². The molecular formula is C21H17FN2O4. The van der Waals surface area contributed by atoms with E-state index in [9.17, 15) is 9.18 Å². The number of fused-ring (bicyclic) bond motifs is 1. The number of aromatic nitrogens is 2. The lowest BCUT2D eigenvalue weighted by molar-refractivity contribution is -0.144. The van der Waals surface area contributed by atoms with Crippen LogP contribution in [0.5, 0.6) is 0 Å². The smallest absolute Gasteiger partial charge is 0.310 e.